The highest BCUT2D eigenvalue weighted by molar-refractivity contribution is 14.1. The van der Waals surface area contributed by atoms with Crippen LogP contribution in [0.3, 0.4) is 0 Å². The summed E-state index contributed by atoms with van der Waals surface area (Å²) in [6.45, 7) is 1.86. The number of esters is 1. The van der Waals surface area contributed by atoms with Crippen LogP contribution >= 0.6 is 22.6 Å². The molecule has 0 bridgehead atoms. The van der Waals surface area contributed by atoms with Crippen LogP contribution in [0.2, 0.25) is 0 Å². The number of nitro groups is 1. The number of hydrogen-bond acceptors (Lipinski definition) is 5. The number of carbonyl (C=O) groups excluding carboxylic acids is 1. The molecule has 1 aromatic rings. The average molecular weight is 346 g/mol. The van der Waals surface area contributed by atoms with Gasteiger partial charge in [-0.25, -0.2) is 4.79 Å². The van der Waals surface area contributed by atoms with Gasteiger partial charge in [-0.2, -0.15) is 5.26 Å². The third-order valence-corrected chi connectivity index (χ3v) is 3.04. The number of benzene rings is 1. The molecule has 0 heterocycles. The maximum atomic E-state index is 11.5. The van der Waals surface area contributed by atoms with Crippen molar-refractivity contribution >= 4 is 34.2 Å². The summed E-state index contributed by atoms with van der Waals surface area (Å²) in [5, 5.41) is 19.5. The van der Waals surface area contributed by atoms with E-state index in [1.807, 2.05) is 0 Å². The van der Waals surface area contributed by atoms with Crippen LogP contribution < -0.4 is 0 Å². The van der Waals surface area contributed by atoms with Crippen molar-refractivity contribution in [3.63, 3.8) is 0 Å². The number of nitro benzene ring substituents is 1. The van der Waals surface area contributed by atoms with E-state index in [0.717, 1.165) is 6.07 Å². The Bertz CT molecular complexity index is 522. The van der Waals surface area contributed by atoms with Crippen LogP contribution in [0.4, 0.5) is 5.69 Å². The van der Waals surface area contributed by atoms with Crippen molar-refractivity contribution in [1.82, 2.24) is 0 Å². The summed E-state index contributed by atoms with van der Waals surface area (Å²) in [6.07, 6.45) is 0. The van der Waals surface area contributed by atoms with E-state index in [0.29, 0.717) is 0 Å². The molecule has 0 radical (unpaired) electrons. The van der Waals surface area contributed by atoms with Crippen molar-refractivity contribution < 1.29 is 14.5 Å². The second-order valence-corrected chi connectivity index (χ2v) is 3.99. The van der Waals surface area contributed by atoms with E-state index >= 15 is 0 Å². The van der Waals surface area contributed by atoms with Gasteiger partial charge in [-0.3, -0.25) is 10.1 Å². The summed E-state index contributed by atoms with van der Waals surface area (Å²) in [4.78, 5) is 21.5. The van der Waals surface area contributed by atoms with Gasteiger partial charge in [0.05, 0.1) is 20.7 Å². The molecule has 0 aliphatic carbocycles. The summed E-state index contributed by atoms with van der Waals surface area (Å²) in [5.41, 5.74) is -0.277. The second-order valence-electron chi connectivity index (χ2n) is 2.91. The molecule has 0 aromatic heterocycles. The van der Waals surface area contributed by atoms with Crippen LogP contribution in [0.1, 0.15) is 22.8 Å². The first-order chi connectivity index (χ1) is 8.02. The number of nitrogens with zero attached hydrogens (tertiary/aromatic N) is 2. The molecule has 0 aliphatic rings. The van der Waals surface area contributed by atoms with E-state index in [9.17, 15) is 14.9 Å². The topological polar surface area (TPSA) is 93.2 Å². The molecule has 0 amide bonds. The maximum absolute atomic E-state index is 11.5. The van der Waals surface area contributed by atoms with Gasteiger partial charge in [-0.1, -0.05) is 0 Å². The van der Waals surface area contributed by atoms with Gasteiger partial charge in [0.15, 0.2) is 0 Å². The van der Waals surface area contributed by atoms with Crippen molar-refractivity contribution in [2.45, 2.75) is 6.92 Å². The average Bonchev–Trinajstić information content (AvgIpc) is 2.28. The summed E-state index contributed by atoms with van der Waals surface area (Å²) < 4.78 is 5.02. The molecular formula is C10H7IN2O4. The Hall–Kier alpha value is -1.69. The van der Waals surface area contributed by atoms with Crippen molar-refractivity contribution in [2.75, 3.05) is 6.61 Å². The fourth-order valence-corrected chi connectivity index (χ4v) is 1.99. The van der Waals surface area contributed by atoms with Crippen LogP contribution in [0.5, 0.6) is 0 Å². The summed E-state index contributed by atoms with van der Waals surface area (Å²) >= 11 is 1.73. The molecule has 0 fully saturated rings. The smallest absolute Gasteiger partial charge is 0.339 e. The van der Waals surface area contributed by atoms with Gasteiger partial charge >= 0.3 is 5.97 Å². The molecular weight excluding hydrogens is 339 g/mol. The molecule has 6 nitrogen and oxygen atoms in total. The van der Waals surface area contributed by atoms with Crippen LogP contribution in [0.15, 0.2) is 12.1 Å². The van der Waals surface area contributed by atoms with Gasteiger partial charge in [0.25, 0.3) is 5.69 Å². The Labute approximate surface area is 110 Å². The first kappa shape index (κ1) is 13.4. The van der Waals surface area contributed by atoms with Crippen LogP contribution in [0.25, 0.3) is 0 Å². The molecule has 17 heavy (non-hydrogen) atoms. The lowest BCUT2D eigenvalue weighted by molar-refractivity contribution is -0.385. The third-order valence-electron chi connectivity index (χ3n) is 1.92. The number of ether oxygens (including phenoxy) is 1. The fourth-order valence-electron chi connectivity index (χ4n) is 1.19. The van der Waals surface area contributed by atoms with Gasteiger partial charge in [-0.15, -0.1) is 0 Å². The SMILES string of the molecule is CCOC(=O)c1ccc([N+](=O)[O-])c(C#N)c1I. The normalized spacial score (nSPS) is 9.47. The summed E-state index contributed by atoms with van der Waals surface area (Å²) in [6, 6.07) is 4.15. The zero-order valence-electron chi connectivity index (χ0n) is 8.77. The standard InChI is InChI=1S/C10H7IN2O4/c1-2-17-10(14)6-3-4-8(13(15)16)7(5-12)9(6)11/h3-4H,2H2,1H3. The lowest BCUT2D eigenvalue weighted by atomic mass is 10.1. The monoisotopic (exact) mass is 346 g/mol. The molecule has 7 heteroatoms. The minimum atomic E-state index is -0.657. The van der Waals surface area contributed by atoms with Crippen LogP contribution in [-0.4, -0.2) is 17.5 Å². The van der Waals surface area contributed by atoms with Gasteiger partial charge in [-0.05, 0) is 35.6 Å². The minimum absolute atomic E-state index is 0.124. The Kier molecular flexibility index (Phi) is 4.39. The highest BCUT2D eigenvalue weighted by atomic mass is 127. The molecule has 0 saturated carbocycles. The molecule has 0 unspecified atom stereocenters. The van der Waals surface area contributed by atoms with Gasteiger partial charge < -0.3 is 4.74 Å². The van der Waals surface area contributed by atoms with Crippen molar-refractivity contribution in [3.8, 4) is 6.07 Å². The Morgan fingerprint density at radius 2 is 2.29 bits per heavy atom. The number of carbonyl (C=O) groups is 1. The molecule has 0 atom stereocenters. The Morgan fingerprint density at radius 1 is 1.65 bits per heavy atom. The molecule has 0 spiro atoms. The number of rotatable bonds is 3. The first-order valence-corrected chi connectivity index (χ1v) is 5.64. The van der Waals surface area contributed by atoms with E-state index in [-0.39, 0.29) is 27.0 Å². The van der Waals surface area contributed by atoms with Crippen molar-refractivity contribution in [2.24, 2.45) is 0 Å². The largest absolute Gasteiger partial charge is 0.462 e. The van der Waals surface area contributed by atoms with Gasteiger partial charge in [0.2, 0.25) is 0 Å². The molecule has 0 aliphatic heterocycles. The molecule has 1 aromatic carbocycles. The van der Waals surface area contributed by atoms with Crippen LogP contribution in [0, 0.1) is 25.0 Å². The minimum Gasteiger partial charge on any atom is -0.462 e. The molecule has 88 valence electrons. The zero-order valence-corrected chi connectivity index (χ0v) is 10.9. The predicted octanol–water partition coefficient (Wildman–Crippen LogP) is 2.25. The van der Waals surface area contributed by atoms with Crippen LogP contribution in [-0.2, 0) is 4.74 Å². The van der Waals surface area contributed by atoms with Crippen molar-refractivity contribution in [1.29, 1.82) is 5.26 Å². The second kappa shape index (κ2) is 5.58. The molecule has 0 N–H and O–H groups in total. The summed E-state index contributed by atoms with van der Waals surface area (Å²) in [5.74, 6) is -0.594. The van der Waals surface area contributed by atoms with E-state index in [4.69, 9.17) is 10.00 Å². The Balaban J connectivity index is 3.36. The predicted molar refractivity (Wildman–Crippen MR) is 66.5 cm³/mol. The number of hydrogen-bond donors (Lipinski definition) is 0. The Morgan fingerprint density at radius 3 is 2.76 bits per heavy atom. The van der Waals surface area contributed by atoms with E-state index < -0.39 is 10.9 Å². The quantitative estimate of drug-likeness (QED) is 0.362. The van der Waals surface area contributed by atoms with Gasteiger partial charge in [0.1, 0.15) is 11.6 Å². The highest BCUT2D eigenvalue weighted by Crippen LogP contribution is 2.26. The zero-order chi connectivity index (χ0) is 13.0. The van der Waals surface area contributed by atoms with Crippen molar-refractivity contribution in [3.05, 3.63) is 36.9 Å². The lowest BCUT2D eigenvalue weighted by Crippen LogP contribution is -2.09. The first-order valence-electron chi connectivity index (χ1n) is 4.57. The number of halogens is 1. The van der Waals surface area contributed by atoms with E-state index in [1.165, 1.54) is 6.07 Å². The number of nitriles is 1. The molecule has 0 saturated heterocycles. The van der Waals surface area contributed by atoms with Gasteiger partial charge in [0, 0.05) is 6.07 Å². The lowest BCUT2D eigenvalue weighted by Gasteiger charge is -2.05. The van der Waals surface area contributed by atoms with E-state index in [1.54, 1.807) is 35.6 Å². The maximum Gasteiger partial charge on any atom is 0.339 e. The van der Waals surface area contributed by atoms with E-state index in [2.05, 4.69) is 0 Å². The molecule has 1 rings (SSSR count). The third kappa shape index (κ3) is 2.71. The fraction of sp³-hybridized carbons (Fsp3) is 0.200. The highest BCUT2D eigenvalue weighted by Gasteiger charge is 2.22. The summed E-state index contributed by atoms with van der Waals surface area (Å²) in [7, 11) is 0.